The van der Waals surface area contributed by atoms with E-state index in [0.717, 1.165) is 30.5 Å². The summed E-state index contributed by atoms with van der Waals surface area (Å²) >= 11 is 0. The predicted octanol–water partition coefficient (Wildman–Crippen LogP) is 1.77. The molecule has 0 bridgehead atoms. The van der Waals surface area contributed by atoms with E-state index in [1.165, 1.54) is 12.1 Å². The standard InChI is InChI=1S/C19H22FN3O3/c20-13-3-1-4-14(11-13)23-16-6-2-5-15(16)17(22-23)18(25)21-19(7-9-24)8-10-26-12-19/h1,3-4,11,24H,2,5-10,12H2,(H,21,25). The highest BCUT2D eigenvalue weighted by Crippen LogP contribution is 2.29. The maximum atomic E-state index is 13.6. The highest BCUT2D eigenvalue weighted by molar-refractivity contribution is 5.94. The molecule has 1 amide bonds. The Labute approximate surface area is 151 Å². The van der Waals surface area contributed by atoms with E-state index in [-0.39, 0.29) is 18.3 Å². The average Bonchev–Trinajstić information content (AvgIpc) is 3.31. The Kier molecular flexibility index (Phi) is 4.50. The summed E-state index contributed by atoms with van der Waals surface area (Å²) in [5, 5.41) is 16.9. The lowest BCUT2D eigenvalue weighted by atomic mass is 9.94. The monoisotopic (exact) mass is 359 g/mol. The molecule has 0 radical (unpaired) electrons. The number of nitrogens with zero attached hydrogens (tertiary/aromatic N) is 2. The van der Waals surface area contributed by atoms with Crippen LogP contribution in [0.2, 0.25) is 0 Å². The Balaban J connectivity index is 1.67. The van der Waals surface area contributed by atoms with Gasteiger partial charge in [0.25, 0.3) is 5.91 Å². The summed E-state index contributed by atoms with van der Waals surface area (Å²) in [5.41, 5.74) is 2.38. The maximum Gasteiger partial charge on any atom is 0.272 e. The number of carbonyl (C=O) groups excluding carboxylic acids is 1. The Bertz CT molecular complexity index is 827. The zero-order valence-electron chi connectivity index (χ0n) is 14.5. The fourth-order valence-electron chi connectivity index (χ4n) is 3.92. The number of benzene rings is 1. The SMILES string of the molecule is O=C(NC1(CCO)CCOC1)c1nn(-c2cccc(F)c2)c2c1CCC2. The molecule has 138 valence electrons. The van der Waals surface area contributed by atoms with Crippen LogP contribution in [0.5, 0.6) is 0 Å². The Morgan fingerprint density at radius 1 is 1.42 bits per heavy atom. The fourth-order valence-corrected chi connectivity index (χ4v) is 3.92. The highest BCUT2D eigenvalue weighted by Gasteiger charge is 2.38. The van der Waals surface area contributed by atoms with Gasteiger partial charge in [0.05, 0.1) is 17.8 Å². The minimum atomic E-state index is -0.542. The second-order valence-electron chi connectivity index (χ2n) is 7.03. The number of hydrogen-bond acceptors (Lipinski definition) is 4. The molecule has 26 heavy (non-hydrogen) atoms. The molecule has 4 rings (SSSR count). The van der Waals surface area contributed by atoms with Crippen LogP contribution in [0, 0.1) is 5.82 Å². The first-order chi connectivity index (χ1) is 12.6. The van der Waals surface area contributed by atoms with Crippen LogP contribution in [-0.4, -0.2) is 46.2 Å². The number of halogens is 1. The van der Waals surface area contributed by atoms with Gasteiger partial charge in [0.15, 0.2) is 5.69 Å². The summed E-state index contributed by atoms with van der Waals surface area (Å²) in [7, 11) is 0. The van der Waals surface area contributed by atoms with Crippen molar-refractivity contribution in [3.05, 3.63) is 47.0 Å². The van der Waals surface area contributed by atoms with Gasteiger partial charge < -0.3 is 15.2 Å². The number of amides is 1. The quantitative estimate of drug-likeness (QED) is 0.853. The molecule has 7 heteroatoms. The smallest absolute Gasteiger partial charge is 0.272 e. The molecule has 2 heterocycles. The molecule has 0 saturated carbocycles. The number of aliphatic hydroxyl groups is 1. The van der Waals surface area contributed by atoms with Crippen LogP contribution in [0.15, 0.2) is 24.3 Å². The molecule has 2 aromatic rings. The van der Waals surface area contributed by atoms with Crippen molar-refractivity contribution in [3.63, 3.8) is 0 Å². The van der Waals surface area contributed by atoms with Gasteiger partial charge in [-0.25, -0.2) is 9.07 Å². The van der Waals surface area contributed by atoms with Crippen LogP contribution >= 0.6 is 0 Å². The van der Waals surface area contributed by atoms with Crippen molar-refractivity contribution >= 4 is 5.91 Å². The maximum absolute atomic E-state index is 13.6. The van der Waals surface area contributed by atoms with Crippen molar-refractivity contribution in [1.29, 1.82) is 0 Å². The molecule has 1 aliphatic heterocycles. The van der Waals surface area contributed by atoms with Crippen LogP contribution in [0.25, 0.3) is 5.69 Å². The Hall–Kier alpha value is -2.25. The van der Waals surface area contributed by atoms with Gasteiger partial charge in [-0.05, 0) is 50.3 Å². The zero-order valence-corrected chi connectivity index (χ0v) is 14.5. The Morgan fingerprint density at radius 2 is 2.31 bits per heavy atom. The second-order valence-corrected chi connectivity index (χ2v) is 7.03. The normalized spacial score (nSPS) is 21.8. The van der Waals surface area contributed by atoms with E-state index >= 15 is 0 Å². The molecular formula is C19H22FN3O3. The number of hydrogen-bond donors (Lipinski definition) is 2. The van der Waals surface area contributed by atoms with Gasteiger partial charge in [0.1, 0.15) is 5.82 Å². The van der Waals surface area contributed by atoms with E-state index in [1.54, 1.807) is 16.8 Å². The van der Waals surface area contributed by atoms with E-state index in [1.807, 2.05) is 0 Å². The summed E-state index contributed by atoms with van der Waals surface area (Å²) in [6.45, 7) is 0.946. The van der Waals surface area contributed by atoms with Crippen molar-refractivity contribution in [3.8, 4) is 5.69 Å². The van der Waals surface area contributed by atoms with Gasteiger partial charge in [-0.15, -0.1) is 0 Å². The van der Waals surface area contributed by atoms with Crippen LogP contribution in [-0.2, 0) is 17.6 Å². The first-order valence-corrected chi connectivity index (χ1v) is 9.00. The summed E-state index contributed by atoms with van der Waals surface area (Å²) in [6.07, 6.45) is 3.68. The molecule has 2 aliphatic rings. The van der Waals surface area contributed by atoms with E-state index in [0.29, 0.717) is 37.4 Å². The third-order valence-corrected chi connectivity index (χ3v) is 5.27. The van der Waals surface area contributed by atoms with Crippen LogP contribution in [0.3, 0.4) is 0 Å². The second kappa shape index (κ2) is 6.81. The third kappa shape index (κ3) is 3.01. The van der Waals surface area contributed by atoms with Crippen LogP contribution in [0.1, 0.15) is 41.0 Å². The molecule has 1 saturated heterocycles. The molecule has 1 fully saturated rings. The van der Waals surface area contributed by atoms with E-state index in [4.69, 9.17) is 4.74 Å². The Morgan fingerprint density at radius 3 is 3.04 bits per heavy atom. The number of nitrogens with one attached hydrogen (secondary N) is 1. The van der Waals surface area contributed by atoms with Crippen LogP contribution in [0.4, 0.5) is 4.39 Å². The molecule has 1 aromatic carbocycles. The average molecular weight is 359 g/mol. The number of rotatable bonds is 5. The molecular weight excluding hydrogens is 337 g/mol. The van der Waals surface area contributed by atoms with Gasteiger partial charge in [-0.1, -0.05) is 6.07 Å². The van der Waals surface area contributed by atoms with Crippen molar-refractivity contribution in [1.82, 2.24) is 15.1 Å². The summed E-state index contributed by atoms with van der Waals surface area (Å²) < 4.78 is 20.7. The van der Waals surface area contributed by atoms with E-state index in [2.05, 4.69) is 10.4 Å². The number of ether oxygens (including phenoxy) is 1. The summed E-state index contributed by atoms with van der Waals surface area (Å²) in [6, 6.07) is 6.24. The molecule has 1 aromatic heterocycles. The number of carbonyl (C=O) groups is 1. The lowest BCUT2D eigenvalue weighted by Crippen LogP contribution is -2.50. The van der Waals surface area contributed by atoms with Gasteiger partial charge in [-0.3, -0.25) is 4.79 Å². The van der Waals surface area contributed by atoms with Gasteiger partial charge in [-0.2, -0.15) is 5.10 Å². The number of aliphatic hydroxyl groups excluding tert-OH is 1. The van der Waals surface area contributed by atoms with Crippen molar-refractivity contribution in [2.75, 3.05) is 19.8 Å². The molecule has 0 spiro atoms. The first kappa shape index (κ1) is 17.2. The molecule has 1 unspecified atom stereocenters. The number of fused-ring (bicyclic) bond motifs is 1. The predicted molar refractivity (Wildman–Crippen MR) is 92.9 cm³/mol. The zero-order chi connectivity index (χ0) is 18.1. The fraction of sp³-hybridized carbons (Fsp3) is 0.474. The lowest BCUT2D eigenvalue weighted by Gasteiger charge is -2.27. The molecule has 1 atom stereocenters. The third-order valence-electron chi connectivity index (χ3n) is 5.27. The van der Waals surface area contributed by atoms with Crippen molar-refractivity contribution in [2.24, 2.45) is 0 Å². The van der Waals surface area contributed by atoms with Crippen molar-refractivity contribution < 1.29 is 19.0 Å². The van der Waals surface area contributed by atoms with Gasteiger partial charge in [0.2, 0.25) is 0 Å². The summed E-state index contributed by atoms with van der Waals surface area (Å²) in [5.74, 6) is -0.585. The minimum Gasteiger partial charge on any atom is -0.396 e. The molecule has 6 nitrogen and oxygen atoms in total. The molecule has 2 N–H and O–H groups in total. The highest BCUT2D eigenvalue weighted by atomic mass is 19.1. The summed E-state index contributed by atoms with van der Waals surface area (Å²) in [4.78, 5) is 13.0. The minimum absolute atomic E-state index is 0.0144. The van der Waals surface area contributed by atoms with Gasteiger partial charge >= 0.3 is 0 Å². The first-order valence-electron chi connectivity index (χ1n) is 9.00. The lowest BCUT2D eigenvalue weighted by molar-refractivity contribution is 0.0844. The number of aromatic nitrogens is 2. The van der Waals surface area contributed by atoms with Crippen molar-refractivity contribution in [2.45, 2.75) is 37.6 Å². The van der Waals surface area contributed by atoms with Crippen LogP contribution < -0.4 is 5.32 Å². The molecule has 1 aliphatic carbocycles. The van der Waals surface area contributed by atoms with Gasteiger partial charge in [0, 0.05) is 24.5 Å². The largest absolute Gasteiger partial charge is 0.396 e. The van der Waals surface area contributed by atoms with E-state index in [9.17, 15) is 14.3 Å². The van der Waals surface area contributed by atoms with E-state index < -0.39 is 5.54 Å². The topological polar surface area (TPSA) is 76.4 Å².